The van der Waals surface area contributed by atoms with Crippen LogP contribution in [0.4, 0.5) is 0 Å². The predicted molar refractivity (Wildman–Crippen MR) is 132 cm³/mol. The smallest absolute Gasteiger partial charge is 0.209 e. The molecule has 182 valence electrons. The number of hydrogen-bond acceptors (Lipinski definition) is 6. The van der Waals surface area contributed by atoms with E-state index in [1.165, 1.54) is 11.8 Å². The molecule has 0 bridgehead atoms. The largest absolute Gasteiger partial charge is 0.489 e. The van der Waals surface area contributed by atoms with Gasteiger partial charge in [0.2, 0.25) is 10.0 Å². The fourth-order valence-electron chi connectivity index (χ4n) is 4.19. The normalized spacial score (nSPS) is 15.6. The third kappa shape index (κ3) is 6.43. The van der Waals surface area contributed by atoms with E-state index in [1.807, 2.05) is 44.2 Å². The van der Waals surface area contributed by atoms with Gasteiger partial charge in [-0.3, -0.25) is 4.90 Å². The number of aromatic nitrogens is 3. The first-order valence-electron chi connectivity index (χ1n) is 11.7. The minimum atomic E-state index is -3.36. The van der Waals surface area contributed by atoms with Crippen LogP contribution >= 0.6 is 0 Å². The second kappa shape index (κ2) is 10.7. The monoisotopic (exact) mass is 483 g/mol. The molecule has 0 amide bonds. The molecule has 2 heterocycles. The highest BCUT2D eigenvalue weighted by Gasteiger charge is 2.28. The lowest BCUT2D eigenvalue weighted by molar-refractivity contribution is 0.268. The molecule has 0 unspecified atom stereocenters. The van der Waals surface area contributed by atoms with Crippen molar-refractivity contribution in [3.63, 3.8) is 0 Å². The van der Waals surface area contributed by atoms with E-state index in [-0.39, 0.29) is 5.92 Å². The van der Waals surface area contributed by atoms with Gasteiger partial charge in [0.05, 0.1) is 12.3 Å². The summed E-state index contributed by atoms with van der Waals surface area (Å²) in [6.07, 6.45) is 1.96. The Morgan fingerprint density at radius 3 is 2.38 bits per heavy atom. The SMILES string of the molecule is CC(C)[C@H](NS(C)(=O)=O)c1nnc2n1CCN(Cc1ccc(OCc3ccccc3)cc1)CC2. The molecule has 8 nitrogen and oxygen atoms in total. The zero-order chi connectivity index (χ0) is 24.1. The molecule has 34 heavy (non-hydrogen) atoms. The predicted octanol–water partition coefficient (Wildman–Crippen LogP) is 3.16. The topological polar surface area (TPSA) is 89.3 Å². The highest BCUT2D eigenvalue weighted by Crippen LogP contribution is 2.24. The van der Waals surface area contributed by atoms with E-state index in [1.54, 1.807) is 0 Å². The third-order valence-corrected chi connectivity index (χ3v) is 6.69. The number of hydrogen-bond donors (Lipinski definition) is 1. The van der Waals surface area contributed by atoms with Crippen LogP contribution in [0.2, 0.25) is 0 Å². The van der Waals surface area contributed by atoms with Crippen LogP contribution in [0.3, 0.4) is 0 Å². The fraction of sp³-hybridized carbons (Fsp3) is 0.440. The number of rotatable bonds is 9. The van der Waals surface area contributed by atoms with E-state index in [2.05, 4.69) is 48.7 Å². The molecule has 0 saturated heterocycles. The molecule has 0 saturated carbocycles. The minimum Gasteiger partial charge on any atom is -0.489 e. The number of fused-ring (bicyclic) bond motifs is 1. The van der Waals surface area contributed by atoms with E-state index in [9.17, 15) is 8.42 Å². The van der Waals surface area contributed by atoms with Crippen LogP contribution in [0.5, 0.6) is 5.75 Å². The van der Waals surface area contributed by atoms with Crippen LogP contribution in [0.1, 0.15) is 42.7 Å². The van der Waals surface area contributed by atoms with Crippen LogP contribution in [-0.4, -0.2) is 47.4 Å². The summed E-state index contributed by atoms with van der Waals surface area (Å²) < 4.78 is 34.5. The maximum absolute atomic E-state index is 11.9. The lowest BCUT2D eigenvalue weighted by atomic mass is 10.1. The standard InChI is InChI=1S/C25H33N5O3S/c1-19(2)24(28-34(3,31)32)25-27-26-23-13-14-29(15-16-30(23)25)17-20-9-11-22(12-10-20)33-18-21-7-5-4-6-8-21/h4-12,19,24,28H,13-18H2,1-3H3/t24-/m0/s1. The van der Waals surface area contributed by atoms with Gasteiger partial charge >= 0.3 is 0 Å². The molecular weight excluding hydrogens is 450 g/mol. The van der Waals surface area contributed by atoms with Crippen molar-refractivity contribution >= 4 is 10.0 Å². The van der Waals surface area contributed by atoms with Crippen molar-refractivity contribution in [3.8, 4) is 5.75 Å². The average Bonchev–Trinajstić information content (AvgIpc) is 3.10. The third-order valence-electron chi connectivity index (χ3n) is 6.01. The number of sulfonamides is 1. The van der Waals surface area contributed by atoms with E-state index in [4.69, 9.17) is 4.74 Å². The highest BCUT2D eigenvalue weighted by molar-refractivity contribution is 7.88. The number of benzene rings is 2. The molecule has 0 fully saturated rings. The Labute approximate surface area is 202 Å². The Morgan fingerprint density at radius 2 is 1.71 bits per heavy atom. The molecule has 1 atom stereocenters. The minimum absolute atomic E-state index is 0.0602. The van der Waals surface area contributed by atoms with Gasteiger partial charge in [-0.15, -0.1) is 10.2 Å². The summed E-state index contributed by atoms with van der Waals surface area (Å²) in [7, 11) is -3.36. The zero-order valence-corrected chi connectivity index (χ0v) is 20.8. The molecule has 0 spiro atoms. The van der Waals surface area contributed by atoms with E-state index >= 15 is 0 Å². The van der Waals surface area contributed by atoms with Gasteiger partial charge in [0.25, 0.3) is 0 Å². The van der Waals surface area contributed by atoms with Gasteiger partial charge in [0.15, 0.2) is 5.82 Å². The summed E-state index contributed by atoms with van der Waals surface area (Å²) >= 11 is 0. The van der Waals surface area contributed by atoms with Crippen LogP contribution in [-0.2, 0) is 36.1 Å². The molecule has 1 N–H and O–H groups in total. The van der Waals surface area contributed by atoms with Crippen LogP contribution < -0.4 is 9.46 Å². The summed E-state index contributed by atoms with van der Waals surface area (Å²) in [6, 6.07) is 18.0. The molecule has 2 aromatic carbocycles. The maximum atomic E-state index is 11.9. The highest BCUT2D eigenvalue weighted by atomic mass is 32.2. The molecule has 4 rings (SSSR count). The Bertz CT molecular complexity index is 1180. The van der Waals surface area contributed by atoms with Gasteiger partial charge in [-0.2, -0.15) is 0 Å². The number of nitrogens with one attached hydrogen (secondary N) is 1. The van der Waals surface area contributed by atoms with Gasteiger partial charge in [-0.05, 0) is 29.2 Å². The Balaban J connectivity index is 1.36. The van der Waals surface area contributed by atoms with Crippen molar-refractivity contribution in [2.24, 2.45) is 5.92 Å². The summed E-state index contributed by atoms with van der Waals surface area (Å²) in [5, 5.41) is 8.74. The number of ether oxygens (including phenoxy) is 1. The van der Waals surface area contributed by atoms with Gasteiger partial charge < -0.3 is 9.30 Å². The van der Waals surface area contributed by atoms with Crippen molar-refractivity contribution < 1.29 is 13.2 Å². The summed E-state index contributed by atoms with van der Waals surface area (Å²) in [5.74, 6) is 2.52. The van der Waals surface area contributed by atoms with Gasteiger partial charge in [0, 0.05) is 32.6 Å². The van der Waals surface area contributed by atoms with Crippen LogP contribution in [0.25, 0.3) is 0 Å². The van der Waals surface area contributed by atoms with Crippen LogP contribution in [0, 0.1) is 5.92 Å². The van der Waals surface area contributed by atoms with Gasteiger partial charge in [0.1, 0.15) is 18.2 Å². The van der Waals surface area contributed by atoms with Crippen molar-refractivity contribution in [3.05, 3.63) is 77.4 Å². The van der Waals surface area contributed by atoms with Crippen molar-refractivity contribution in [1.29, 1.82) is 0 Å². The molecule has 1 aliphatic rings. The second-order valence-electron chi connectivity index (χ2n) is 9.18. The zero-order valence-electron chi connectivity index (χ0n) is 20.0. The van der Waals surface area contributed by atoms with Gasteiger partial charge in [-0.1, -0.05) is 56.3 Å². The molecule has 0 radical (unpaired) electrons. The Hall–Kier alpha value is -2.75. The first-order valence-corrected chi connectivity index (χ1v) is 13.5. The quantitative estimate of drug-likeness (QED) is 0.503. The van der Waals surface area contributed by atoms with E-state index in [0.717, 1.165) is 49.7 Å². The van der Waals surface area contributed by atoms with Gasteiger partial charge in [-0.25, -0.2) is 13.1 Å². The molecule has 3 aromatic rings. The maximum Gasteiger partial charge on any atom is 0.209 e. The average molecular weight is 484 g/mol. The molecule has 9 heteroatoms. The van der Waals surface area contributed by atoms with Crippen molar-refractivity contribution in [1.82, 2.24) is 24.4 Å². The Morgan fingerprint density at radius 1 is 0.971 bits per heavy atom. The molecular formula is C25H33N5O3S. The second-order valence-corrected chi connectivity index (χ2v) is 11.0. The summed E-state index contributed by atoms with van der Waals surface area (Å²) in [4.78, 5) is 2.40. The summed E-state index contributed by atoms with van der Waals surface area (Å²) in [6.45, 7) is 7.80. The van der Waals surface area contributed by atoms with E-state index < -0.39 is 16.1 Å². The molecule has 1 aliphatic heterocycles. The lowest BCUT2D eigenvalue weighted by Gasteiger charge is -2.22. The van der Waals surface area contributed by atoms with Crippen molar-refractivity contribution in [2.45, 2.75) is 46.0 Å². The van der Waals surface area contributed by atoms with E-state index in [0.29, 0.717) is 12.4 Å². The fourth-order valence-corrected chi connectivity index (χ4v) is 5.02. The van der Waals surface area contributed by atoms with Crippen LogP contribution in [0.15, 0.2) is 54.6 Å². The lowest BCUT2D eigenvalue weighted by Crippen LogP contribution is -2.33. The first-order chi connectivity index (χ1) is 16.3. The molecule has 1 aromatic heterocycles. The first kappa shape index (κ1) is 24.4. The van der Waals surface area contributed by atoms with Crippen molar-refractivity contribution in [2.75, 3.05) is 19.3 Å². The summed E-state index contributed by atoms with van der Waals surface area (Å²) in [5.41, 5.74) is 2.37. The Kier molecular flexibility index (Phi) is 7.65. The number of nitrogens with zero attached hydrogens (tertiary/aromatic N) is 4. The molecule has 0 aliphatic carbocycles.